The number of hydrogen-bond acceptors (Lipinski definition) is 5. The molecule has 2 aromatic heterocycles. The van der Waals surface area contributed by atoms with E-state index in [9.17, 15) is 4.79 Å². The molecule has 0 aliphatic carbocycles. The maximum absolute atomic E-state index is 12.5. The van der Waals surface area contributed by atoms with Gasteiger partial charge in [-0.05, 0) is 36.5 Å². The van der Waals surface area contributed by atoms with Crippen LogP contribution in [-0.2, 0) is 0 Å². The molecule has 0 aliphatic rings. The van der Waals surface area contributed by atoms with E-state index in [1.165, 1.54) is 11.3 Å². The highest BCUT2D eigenvalue weighted by molar-refractivity contribution is 7.80. The van der Waals surface area contributed by atoms with Crippen molar-refractivity contribution in [3.05, 3.63) is 81.8 Å². The van der Waals surface area contributed by atoms with Crippen LogP contribution in [-0.4, -0.2) is 16.0 Å². The highest BCUT2D eigenvalue weighted by Gasteiger charge is 2.16. The lowest BCUT2D eigenvalue weighted by Crippen LogP contribution is -2.33. The number of carbonyl (C=O) groups is 1. The van der Waals surface area contributed by atoms with Crippen molar-refractivity contribution in [1.29, 1.82) is 0 Å². The molecule has 0 radical (unpaired) electrons. The van der Waals surface area contributed by atoms with Gasteiger partial charge in [-0.1, -0.05) is 59.6 Å². The lowest BCUT2D eigenvalue weighted by molar-refractivity contribution is 0.0951. The third-order valence-electron chi connectivity index (χ3n) is 4.07. The van der Waals surface area contributed by atoms with Gasteiger partial charge >= 0.3 is 0 Å². The molecule has 0 saturated heterocycles. The molecule has 4 rings (SSSR count). The summed E-state index contributed by atoms with van der Waals surface area (Å²) in [5.41, 5.74) is 2.42. The Bertz CT molecular complexity index is 1220. The van der Waals surface area contributed by atoms with Gasteiger partial charge in [0.25, 0.3) is 5.91 Å². The number of aromatic nitrogens is 1. The summed E-state index contributed by atoms with van der Waals surface area (Å²) in [5.74, 6) is 0.0324. The largest absolute Gasteiger partial charge is 0.451 e. The first-order valence-electron chi connectivity index (χ1n) is 8.69. The molecule has 0 saturated carbocycles. The van der Waals surface area contributed by atoms with Crippen molar-refractivity contribution in [2.45, 2.75) is 0 Å². The van der Waals surface area contributed by atoms with Crippen LogP contribution >= 0.6 is 46.8 Å². The van der Waals surface area contributed by atoms with E-state index in [1.54, 1.807) is 30.3 Å². The van der Waals surface area contributed by atoms with Gasteiger partial charge in [0.15, 0.2) is 16.0 Å². The zero-order valence-corrected chi connectivity index (χ0v) is 18.3. The van der Waals surface area contributed by atoms with Crippen molar-refractivity contribution in [1.82, 2.24) is 10.3 Å². The number of nitrogens with one attached hydrogen (secondary N) is 2. The maximum atomic E-state index is 12.5. The normalized spacial score (nSPS) is 10.6. The summed E-state index contributed by atoms with van der Waals surface area (Å²) < 4.78 is 5.62. The molecule has 1 amide bonds. The molecule has 150 valence electrons. The number of rotatable bonds is 4. The second-order valence-electron chi connectivity index (χ2n) is 6.08. The number of anilines is 1. The number of thiazole rings is 1. The first-order chi connectivity index (χ1) is 14.5. The summed E-state index contributed by atoms with van der Waals surface area (Å²) in [5, 5.41) is 8.86. The molecule has 2 heterocycles. The van der Waals surface area contributed by atoms with Crippen LogP contribution in [0.4, 0.5) is 5.13 Å². The van der Waals surface area contributed by atoms with Gasteiger partial charge in [0.1, 0.15) is 5.76 Å². The smallest absolute Gasteiger partial charge is 0.293 e. The van der Waals surface area contributed by atoms with E-state index >= 15 is 0 Å². The molecule has 9 heteroatoms. The van der Waals surface area contributed by atoms with Crippen LogP contribution in [0.1, 0.15) is 10.6 Å². The van der Waals surface area contributed by atoms with Crippen LogP contribution in [0.15, 0.2) is 70.5 Å². The van der Waals surface area contributed by atoms with Crippen molar-refractivity contribution in [3.8, 4) is 22.6 Å². The summed E-state index contributed by atoms with van der Waals surface area (Å²) >= 11 is 18.9. The monoisotopic (exact) mass is 473 g/mol. The minimum atomic E-state index is -0.489. The van der Waals surface area contributed by atoms with E-state index in [-0.39, 0.29) is 10.9 Å². The quantitative estimate of drug-likeness (QED) is 0.331. The lowest BCUT2D eigenvalue weighted by Gasteiger charge is -2.06. The molecule has 30 heavy (non-hydrogen) atoms. The summed E-state index contributed by atoms with van der Waals surface area (Å²) in [7, 11) is 0. The van der Waals surface area contributed by atoms with Gasteiger partial charge in [0.2, 0.25) is 0 Å². The number of hydrogen-bond donors (Lipinski definition) is 2. The summed E-state index contributed by atoms with van der Waals surface area (Å²) in [6.45, 7) is 0. The van der Waals surface area contributed by atoms with Crippen LogP contribution in [0.2, 0.25) is 10.0 Å². The van der Waals surface area contributed by atoms with E-state index in [0.717, 1.165) is 11.3 Å². The Morgan fingerprint density at radius 2 is 1.83 bits per heavy atom. The number of amides is 1. The van der Waals surface area contributed by atoms with E-state index < -0.39 is 5.91 Å². The Morgan fingerprint density at radius 1 is 1.03 bits per heavy atom. The van der Waals surface area contributed by atoms with Gasteiger partial charge in [0, 0.05) is 16.5 Å². The fraction of sp³-hybridized carbons (Fsp3) is 0. The van der Waals surface area contributed by atoms with Crippen molar-refractivity contribution in [2.24, 2.45) is 0 Å². The zero-order chi connectivity index (χ0) is 21.1. The fourth-order valence-corrected chi connectivity index (χ4v) is 4.04. The van der Waals surface area contributed by atoms with Gasteiger partial charge in [-0.2, -0.15) is 0 Å². The number of benzene rings is 2. The van der Waals surface area contributed by atoms with Crippen molar-refractivity contribution >= 4 is 62.9 Å². The van der Waals surface area contributed by atoms with Gasteiger partial charge in [-0.3, -0.25) is 10.1 Å². The average Bonchev–Trinajstić information content (AvgIpc) is 3.41. The Morgan fingerprint density at radius 3 is 2.63 bits per heavy atom. The van der Waals surface area contributed by atoms with Crippen molar-refractivity contribution in [2.75, 3.05) is 5.32 Å². The standard InChI is InChI=1S/C21H13Cl2N3O2S2/c22-14-8-4-7-13(18(14)23)16-9-10-17(28-16)19(27)25-20(29)26-21-24-15(11-30-21)12-5-2-1-3-6-12/h1-11H,(H2,24,25,26,27,29). The molecule has 0 atom stereocenters. The molecule has 4 aromatic rings. The second-order valence-corrected chi connectivity index (χ2v) is 8.13. The van der Waals surface area contributed by atoms with Crippen LogP contribution in [0.25, 0.3) is 22.6 Å². The second kappa shape index (κ2) is 8.97. The van der Waals surface area contributed by atoms with Crippen LogP contribution in [0.3, 0.4) is 0 Å². The Labute approximate surface area is 191 Å². The Kier molecular flexibility index (Phi) is 6.15. The predicted molar refractivity (Wildman–Crippen MR) is 125 cm³/mol. The van der Waals surface area contributed by atoms with Crippen LogP contribution < -0.4 is 10.6 Å². The van der Waals surface area contributed by atoms with Gasteiger partial charge in [-0.25, -0.2) is 4.98 Å². The number of thiocarbonyl (C=S) groups is 1. The predicted octanol–water partition coefficient (Wildman–Crippen LogP) is 6.50. The van der Waals surface area contributed by atoms with Gasteiger partial charge in [0.05, 0.1) is 15.7 Å². The number of carbonyl (C=O) groups excluding carboxylic acids is 1. The number of halogens is 2. The Balaban J connectivity index is 1.41. The molecule has 0 fully saturated rings. The SMILES string of the molecule is O=C(NC(=S)Nc1nc(-c2ccccc2)cs1)c1ccc(-c2cccc(Cl)c2Cl)o1. The summed E-state index contributed by atoms with van der Waals surface area (Å²) in [4.78, 5) is 16.9. The fourth-order valence-electron chi connectivity index (χ4n) is 2.66. The van der Waals surface area contributed by atoms with Crippen LogP contribution in [0, 0.1) is 0 Å². The molecule has 0 aliphatic heterocycles. The topological polar surface area (TPSA) is 67.2 Å². The number of furan rings is 1. The minimum Gasteiger partial charge on any atom is -0.451 e. The van der Waals surface area contributed by atoms with E-state index in [1.807, 2.05) is 35.7 Å². The van der Waals surface area contributed by atoms with E-state index in [4.69, 9.17) is 39.8 Å². The van der Waals surface area contributed by atoms with Crippen molar-refractivity contribution in [3.63, 3.8) is 0 Å². The highest BCUT2D eigenvalue weighted by atomic mass is 35.5. The molecule has 0 bridgehead atoms. The average molecular weight is 474 g/mol. The molecule has 2 aromatic carbocycles. The third kappa shape index (κ3) is 4.55. The number of nitrogens with zero attached hydrogens (tertiary/aromatic N) is 1. The third-order valence-corrected chi connectivity index (χ3v) is 5.85. The molecular formula is C21H13Cl2N3O2S2. The summed E-state index contributed by atoms with van der Waals surface area (Å²) in [6.07, 6.45) is 0. The molecule has 0 spiro atoms. The molecular weight excluding hydrogens is 461 g/mol. The van der Waals surface area contributed by atoms with Crippen LogP contribution in [0.5, 0.6) is 0 Å². The minimum absolute atomic E-state index is 0.0919. The first kappa shape index (κ1) is 20.6. The van der Waals surface area contributed by atoms with E-state index in [2.05, 4.69) is 15.6 Å². The van der Waals surface area contributed by atoms with Crippen molar-refractivity contribution < 1.29 is 9.21 Å². The molecule has 0 unspecified atom stereocenters. The Hall–Kier alpha value is -2.71. The maximum Gasteiger partial charge on any atom is 0.293 e. The zero-order valence-electron chi connectivity index (χ0n) is 15.2. The van der Waals surface area contributed by atoms with E-state index in [0.29, 0.717) is 26.5 Å². The first-order valence-corrected chi connectivity index (χ1v) is 10.7. The highest BCUT2D eigenvalue weighted by Crippen LogP contribution is 2.34. The summed E-state index contributed by atoms with van der Waals surface area (Å²) in [6, 6.07) is 18.2. The molecule has 2 N–H and O–H groups in total. The van der Waals surface area contributed by atoms with Gasteiger partial charge < -0.3 is 9.73 Å². The molecule has 5 nitrogen and oxygen atoms in total. The van der Waals surface area contributed by atoms with Gasteiger partial charge in [-0.15, -0.1) is 11.3 Å². The lowest BCUT2D eigenvalue weighted by atomic mass is 10.2.